The molecule has 2 aromatic rings. The fourth-order valence-electron chi connectivity index (χ4n) is 1.58. The summed E-state index contributed by atoms with van der Waals surface area (Å²) in [7, 11) is 1.79. The highest BCUT2D eigenvalue weighted by atomic mass is 127. The third kappa shape index (κ3) is 2.86. The van der Waals surface area contributed by atoms with E-state index in [2.05, 4.69) is 43.8 Å². The molecule has 4 nitrogen and oxygen atoms in total. The van der Waals surface area contributed by atoms with Gasteiger partial charge < -0.3 is 15.6 Å². The molecule has 0 fully saturated rings. The number of aryl methyl sites for hydroxylation is 1. The Hall–Kier alpha value is -1.02. The Morgan fingerprint density at radius 2 is 2.17 bits per heavy atom. The molecule has 0 spiro atoms. The van der Waals surface area contributed by atoms with E-state index in [0.717, 1.165) is 13.7 Å². The van der Waals surface area contributed by atoms with Crippen molar-refractivity contribution in [3.8, 4) is 0 Å². The van der Waals surface area contributed by atoms with Crippen molar-refractivity contribution in [3.63, 3.8) is 0 Å². The lowest BCUT2D eigenvalue weighted by atomic mass is 10.3. The van der Waals surface area contributed by atoms with Crippen LogP contribution in [-0.2, 0) is 7.05 Å². The third-order valence-electron chi connectivity index (χ3n) is 2.44. The predicted octanol–water partition coefficient (Wildman–Crippen LogP) is 3.23. The Balaban J connectivity index is 2.21. The lowest BCUT2D eigenvalue weighted by molar-refractivity contribution is 0.101. The maximum Gasteiger partial charge on any atom is 0.272 e. The van der Waals surface area contributed by atoms with Crippen molar-refractivity contribution in [3.05, 3.63) is 44.2 Å². The first-order chi connectivity index (χ1) is 8.47. The van der Waals surface area contributed by atoms with Crippen LogP contribution in [0.25, 0.3) is 0 Å². The number of aromatic nitrogens is 1. The largest absolute Gasteiger partial charge is 0.397 e. The van der Waals surface area contributed by atoms with Crippen LogP contribution in [0.1, 0.15) is 10.5 Å². The van der Waals surface area contributed by atoms with Crippen LogP contribution in [-0.4, -0.2) is 10.5 Å². The minimum absolute atomic E-state index is 0.178. The number of nitrogens with two attached hydrogens (primary N) is 1. The van der Waals surface area contributed by atoms with Crippen LogP contribution in [0.3, 0.4) is 0 Å². The summed E-state index contributed by atoms with van der Waals surface area (Å²) in [6.45, 7) is 0. The number of hydrogen-bond acceptors (Lipinski definition) is 2. The summed E-state index contributed by atoms with van der Waals surface area (Å²) in [5.41, 5.74) is 7.49. The van der Waals surface area contributed by atoms with Crippen molar-refractivity contribution in [2.75, 3.05) is 11.1 Å². The molecule has 18 heavy (non-hydrogen) atoms. The van der Waals surface area contributed by atoms with Gasteiger partial charge in [-0.25, -0.2) is 0 Å². The molecule has 3 N–H and O–H groups in total. The summed E-state index contributed by atoms with van der Waals surface area (Å²) < 4.78 is 3.74. The zero-order chi connectivity index (χ0) is 13.3. The van der Waals surface area contributed by atoms with Gasteiger partial charge in [-0.05, 0) is 62.8 Å². The lowest BCUT2D eigenvalue weighted by Gasteiger charge is -2.07. The minimum Gasteiger partial charge on any atom is -0.397 e. The molecule has 6 heteroatoms. The van der Waals surface area contributed by atoms with Gasteiger partial charge in [0.2, 0.25) is 0 Å². The van der Waals surface area contributed by atoms with Gasteiger partial charge in [0.1, 0.15) is 5.69 Å². The first-order valence-corrected chi connectivity index (χ1v) is 7.03. The van der Waals surface area contributed by atoms with Gasteiger partial charge in [-0.3, -0.25) is 4.79 Å². The molecule has 0 unspecified atom stereocenters. The number of nitrogens with one attached hydrogen (secondary N) is 1. The first-order valence-electron chi connectivity index (χ1n) is 5.15. The minimum atomic E-state index is -0.178. The van der Waals surface area contributed by atoms with Crippen LogP contribution in [0.2, 0.25) is 0 Å². The summed E-state index contributed by atoms with van der Waals surface area (Å²) in [4.78, 5) is 12.0. The fraction of sp³-hybridized carbons (Fsp3) is 0.0833. The zero-order valence-electron chi connectivity index (χ0n) is 9.58. The van der Waals surface area contributed by atoms with Gasteiger partial charge in [0, 0.05) is 27.0 Å². The van der Waals surface area contributed by atoms with Gasteiger partial charge in [-0.1, -0.05) is 0 Å². The summed E-state index contributed by atoms with van der Waals surface area (Å²) in [6.07, 6.45) is 1.71. The summed E-state index contributed by atoms with van der Waals surface area (Å²) in [5, 5.41) is 2.83. The van der Waals surface area contributed by atoms with E-state index in [9.17, 15) is 4.79 Å². The molecule has 0 saturated carbocycles. The van der Waals surface area contributed by atoms with Gasteiger partial charge >= 0.3 is 0 Å². The number of anilines is 2. The van der Waals surface area contributed by atoms with E-state index < -0.39 is 0 Å². The number of hydrogen-bond donors (Lipinski definition) is 2. The van der Waals surface area contributed by atoms with E-state index in [4.69, 9.17) is 5.73 Å². The second-order valence-corrected chi connectivity index (χ2v) is 5.87. The summed E-state index contributed by atoms with van der Waals surface area (Å²) in [6, 6.07) is 7.30. The molecule has 94 valence electrons. The third-order valence-corrected chi connectivity index (χ3v) is 4.77. The smallest absolute Gasteiger partial charge is 0.272 e. The monoisotopic (exact) mass is 419 g/mol. The lowest BCUT2D eigenvalue weighted by Crippen LogP contribution is -2.15. The van der Waals surface area contributed by atoms with Gasteiger partial charge in [0.25, 0.3) is 5.91 Å². The molecule has 0 aliphatic carbocycles. The van der Waals surface area contributed by atoms with Crippen molar-refractivity contribution in [1.29, 1.82) is 0 Å². The molecular formula is C12H11BrIN3O. The predicted molar refractivity (Wildman–Crippen MR) is 84.6 cm³/mol. The number of halogens is 2. The van der Waals surface area contributed by atoms with Gasteiger partial charge in [-0.2, -0.15) is 0 Å². The summed E-state index contributed by atoms with van der Waals surface area (Å²) in [5.74, 6) is -0.178. The number of carbonyl (C=O) groups is 1. The van der Waals surface area contributed by atoms with Gasteiger partial charge in [0.15, 0.2) is 0 Å². The molecular weight excluding hydrogens is 409 g/mol. The maximum atomic E-state index is 12.0. The molecule has 1 aromatic heterocycles. The maximum absolute atomic E-state index is 12.0. The number of amides is 1. The highest BCUT2D eigenvalue weighted by Crippen LogP contribution is 2.23. The van der Waals surface area contributed by atoms with Gasteiger partial charge in [-0.15, -0.1) is 0 Å². The Morgan fingerprint density at radius 1 is 1.44 bits per heavy atom. The van der Waals surface area contributed by atoms with Crippen molar-refractivity contribution in [2.45, 2.75) is 0 Å². The van der Waals surface area contributed by atoms with Crippen molar-refractivity contribution >= 4 is 55.8 Å². The van der Waals surface area contributed by atoms with E-state index >= 15 is 0 Å². The van der Waals surface area contributed by atoms with Crippen molar-refractivity contribution < 1.29 is 4.79 Å². The number of rotatable bonds is 2. The number of nitrogens with zero attached hydrogens (tertiary/aromatic N) is 1. The average molecular weight is 420 g/mol. The van der Waals surface area contributed by atoms with Crippen LogP contribution >= 0.6 is 38.5 Å². The quantitative estimate of drug-likeness (QED) is 0.734. The van der Waals surface area contributed by atoms with E-state index in [0.29, 0.717) is 11.4 Å². The molecule has 0 aliphatic heterocycles. The normalized spacial score (nSPS) is 10.4. The van der Waals surface area contributed by atoms with Crippen LogP contribution in [0.5, 0.6) is 0 Å². The zero-order valence-corrected chi connectivity index (χ0v) is 13.3. The number of nitrogen functional groups attached to an aromatic ring is 1. The van der Waals surface area contributed by atoms with E-state index in [1.54, 1.807) is 23.9 Å². The standard InChI is InChI=1S/C12H11BrIN3O/c1-17-6-7(15)4-11(17)12(18)16-8-2-3-10(14)9(13)5-8/h2-6H,15H2,1H3,(H,16,18). The van der Waals surface area contributed by atoms with Gasteiger partial charge in [0.05, 0.1) is 5.69 Å². The second kappa shape index (κ2) is 5.31. The van der Waals surface area contributed by atoms with Crippen LogP contribution in [0, 0.1) is 3.57 Å². The van der Waals surface area contributed by atoms with E-state index in [1.165, 1.54) is 0 Å². The highest BCUT2D eigenvalue weighted by Gasteiger charge is 2.11. The van der Waals surface area contributed by atoms with Crippen molar-refractivity contribution in [1.82, 2.24) is 4.57 Å². The molecule has 0 bridgehead atoms. The molecule has 1 amide bonds. The Bertz CT molecular complexity index is 609. The first kappa shape index (κ1) is 13.4. The molecule has 2 rings (SSSR count). The molecule has 0 atom stereocenters. The Kier molecular flexibility index (Phi) is 3.96. The summed E-state index contributed by atoms with van der Waals surface area (Å²) >= 11 is 5.64. The second-order valence-electron chi connectivity index (χ2n) is 3.85. The van der Waals surface area contributed by atoms with Crippen LogP contribution in [0.15, 0.2) is 34.9 Å². The van der Waals surface area contributed by atoms with Crippen molar-refractivity contribution in [2.24, 2.45) is 7.05 Å². The Labute approximate surface area is 127 Å². The Morgan fingerprint density at radius 3 is 2.72 bits per heavy atom. The van der Waals surface area contributed by atoms with E-state index in [1.807, 2.05) is 18.2 Å². The number of carbonyl (C=O) groups excluding carboxylic acids is 1. The van der Waals surface area contributed by atoms with E-state index in [-0.39, 0.29) is 5.91 Å². The average Bonchev–Trinajstić information content (AvgIpc) is 2.63. The van der Waals surface area contributed by atoms with Crippen LogP contribution in [0.4, 0.5) is 11.4 Å². The van der Waals surface area contributed by atoms with Crippen LogP contribution < -0.4 is 11.1 Å². The fourth-order valence-corrected chi connectivity index (χ4v) is 2.30. The number of benzene rings is 1. The topological polar surface area (TPSA) is 60.0 Å². The molecule has 0 aliphatic rings. The SMILES string of the molecule is Cn1cc(N)cc1C(=O)Nc1ccc(I)c(Br)c1. The molecule has 1 heterocycles. The highest BCUT2D eigenvalue weighted by molar-refractivity contribution is 14.1. The molecule has 1 aromatic carbocycles. The molecule has 0 radical (unpaired) electrons. The molecule has 0 saturated heterocycles.